The van der Waals surface area contributed by atoms with Crippen LogP contribution >= 0.6 is 0 Å². The Morgan fingerprint density at radius 2 is 2.20 bits per heavy atom. The van der Waals surface area contributed by atoms with Crippen molar-refractivity contribution >= 4 is 5.78 Å². The quantitative estimate of drug-likeness (QED) is 0.695. The van der Waals surface area contributed by atoms with Crippen LogP contribution in [0.3, 0.4) is 0 Å². The summed E-state index contributed by atoms with van der Waals surface area (Å²) in [5.74, 6) is -0.246. The Bertz CT molecular complexity index is 374. The molecular formula is C11H13NO3. The van der Waals surface area contributed by atoms with E-state index in [2.05, 4.69) is 4.98 Å². The maximum Gasteiger partial charge on any atom is 0.189 e. The van der Waals surface area contributed by atoms with Crippen molar-refractivity contribution in [3.05, 3.63) is 29.6 Å². The van der Waals surface area contributed by atoms with Gasteiger partial charge in [0.1, 0.15) is 5.69 Å². The fourth-order valence-corrected chi connectivity index (χ4v) is 1.97. The molecule has 0 N–H and O–H groups in total. The molecule has 4 heteroatoms. The van der Waals surface area contributed by atoms with Gasteiger partial charge in [0.2, 0.25) is 0 Å². The Labute approximate surface area is 88.2 Å². The zero-order valence-electron chi connectivity index (χ0n) is 8.77. The maximum absolute atomic E-state index is 11.9. The third-order valence-corrected chi connectivity index (χ3v) is 2.69. The minimum Gasteiger partial charge on any atom is -0.355 e. The van der Waals surface area contributed by atoms with Crippen molar-refractivity contribution in [1.29, 1.82) is 0 Å². The Hall–Kier alpha value is -1.26. The Morgan fingerprint density at radius 1 is 1.47 bits per heavy atom. The first-order chi connectivity index (χ1) is 7.27. The number of fused-ring (bicyclic) bond motifs is 1. The second-order valence-corrected chi connectivity index (χ2v) is 3.53. The van der Waals surface area contributed by atoms with Gasteiger partial charge >= 0.3 is 0 Å². The van der Waals surface area contributed by atoms with Crippen LogP contribution in [0.25, 0.3) is 0 Å². The minimum atomic E-state index is -0.480. The molecule has 0 aliphatic heterocycles. The van der Waals surface area contributed by atoms with Gasteiger partial charge in [-0.15, -0.1) is 0 Å². The molecule has 1 aliphatic rings. The van der Waals surface area contributed by atoms with Gasteiger partial charge in [0.15, 0.2) is 12.1 Å². The van der Waals surface area contributed by atoms with Crippen molar-refractivity contribution < 1.29 is 14.3 Å². The lowest BCUT2D eigenvalue weighted by Gasteiger charge is -2.18. The second-order valence-electron chi connectivity index (χ2n) is 3.53. The van der Waals surface area contributed by atoms with Gasteiger partial charge < -0.3 is 9.47 Å². The fourth-order valence-electron chi connectivity index (χ4n) is 1.97. The first-order valence-electron chi connectivity index (χ1n) is 4.81. The lowest BCUT2D eigenvalue weighted by Crippen LogP contribution is -2.29. The summed E-state index contributed by atoms with van der Waals surface area (Å²) in [4.78, 5) is 16.0. The van der Waals surface area contributed by atoms with E-state index in [1.807, 2.05) is 12.1 Å². The SMILES string of the molecule is COC(OC)C1Cc2cccnc2C1=O. The molecule has 1 aliphatic carbocycles. The van der Waals surface area contributed by atoms with Gasteiger partial charge in [0, 0.05) is 20.4 Å². The zero-order valence-corrected chi connectivity index (χ0v) is 8.77. The van der Waals surface area contributed by atoms with Gasteiger partial charge in [-0.3, -0.25) is 9.78 Å². The van der Waals surface area contributed by atoms with Crippen LogP contribution in [0.15, 0.2) is 18.3 Å². The number of ether oxygens (including phenoxy) is 2. The highest BCUT2D eigenvalue weighted by Gasteiger charge is 2.37. The summed E-state index contributed by atoms with van der Waals surface area (Å²) in [6, 6.07) is 3.76. The number of carbonyl (C=O) groups is 1. The van der Waals surface area contributed by atoms with E-state index in [1.165, 1.54) is 14.2 Å². The molecule has 0 radical (unpaired) electrons. The molecule has 0 spiro atoms. The third kappa shape index (κ3) is 1.66. The molecule has 1 unspecified atom stereocenters. The number of carbonyl (C=O) groups excluding carboxylic acids is 1. The van der Waals surface area contributed by atoms with Crippen molar-refractivity contribution in [3.8, 4) is 0 Å². The zero-order chi connectivity index (χ0) is 10.8. The Balaban J connectivity index is 2.27. The number of rotatable bonds is 3. The van der Waals surface area contributed by atoms with Gasteiger partial charge in [-0.1, -0.05) is 6.07 Å². The van der Waals surface area contributed by atoms with E-state index in [0.717, 1.165) is 5.56 Å². The van der Waals surface area contributed by atoms with Crippen LogP contribution in [0.1, 0.15) is 16.1 Å². The van der Waals surface area contributed by atoms with E-state index in [-0.39, 0.29) is 11.7 Å². The van der Waals surface area contributed by atoms with Crippen molar-refractivity contribution in [2.45, 2.75) is 12.7 Å². The standard InChI is InChI=1S/C11H13NO3/c1-14-11(15-2)8-6-7-4-3-5-12-9(7)10(8)13/h3-5,8,11H,6H2,1-2H3. The number of aromatic nitrogens is 1. The Morgan fingerprint density at radius 3 is 2.80 bits per heavy atom. The van der Waals surface area contributed by atoms with Crippen molar-refractivity contribution in [1.82, 2.24) is 4.98 Å². The summed E-state index contributed by atoms with van der Waals surface area (Å²) in [6.45, 7) is 0. The Kier molecular flexibility index (Phi) is 2.79. The highest BCUT2D eigenvalue weighted by Crippen LogP contribution is 2.28. The summed E-state index contributed by atoms with van der Waals surface area (Å²) in [6.07, 6.45) is 1.80. The lowest BCUT2D eigenvalue weighted by molar-refractivity contribution is -0.125. The van der Waals surface area contributed by atoms with Gasteiger partial charge in [-0.05, 0) is 18.1 Å². The number of Topliss-reactive ketones (excluding diaryl/α,β-unsaturated/α-hetero) is 1. The van der Waals surface area contributed by atoms with Crippen LogP contribution < -0.4 is 0 Å². The molecule has 0 fully saturated rings. The molecule has 0 bridgehead atoms. The van der Waals surface area contributed by atoms with Crippen LogP contribution in [-0.2, 0) is 15.9 Å². The van der Waals surface area contributed by atoms with E-state index in [1.54, 1.807) is 6.20 Å². The molecule has 0 saturated heterocycles. The van der Waals surface area contributed by atoms with Crippen LogP contribution in [0.5, 0.6) is 0 Å². The van der Waals surface area contributed by atoms with Crippen molar-refractivity contribution in [2.75, 3.05) is 14.2 Å². The second kappa shape index (κ2) is 4.08. The first-order valence-corrected chi connectivity index (χ1v) is 4.81. The van der Waals surface area contributed by atoms with Crippen molar-refractivity contribution in [3.63, 3.8) is 0 Å². The first kappa shape index (κ1) is 10.3. The summed E-state index contributed by atoms with van der Waals surface area (Å²) < 4.78 is 10.2. The van der Waals surface area contributed by atoms with Gasteiger partial charge in [0.05, 0.1) is 5.92 Å². The van der Waals surface area contributed by atoms with Gasteiger partial charge in [-0.2, -0.15) is 0 Å². The molecule has 1 aromatic heterocycles. The molecule has 1 atom stereocenters. The van der Waals surface area contributed by atoms with E-state index in [9.17, 15) is 4.79 Å². The largest absolute Gasteiger partial charge is 0.355 e. The summed E-state index contributed by atoms with van der Waals surface area (Å²) >= 11 is 0. The average Bonchev–Trinajstić information content (AvgIpc) is 2.60. The highest BCUT2D eigenvalue weighted by molar-refractivity contribution is 6.00. The van der Waals surface area contributed by atoms with Crippen molar-refractivity contribution in [2.24, 2.45) is 5.92 Å². The topological polar surface area (TPSA) is 48.4 Å². The molecule has 4 nitrogen and oxygen atoms in total. The lowest BCUT2D eigenvalue weighted by atomic mass is 10.1. The number of pyridine rings is 1. The van der Waals surface area contributed by atoms with E-state index >= 15 is 0 Å². The molecule has 15 heavy (non-hydrogen) atoms. The molecule has 80 valence electrons. The summed E-state index contributed by atoms with van der Waals surface area (Å²) in [5.41, 5.74) is 1.54. The predicted octanol–water partition coefficient (Wildman–Crippen LogP) is 1.06. The summed E-state index contributed by atoms with van der Waals surface area (Å²) in [7, 11) is 3.08. The van der Waals surface area contributed by atoms with Crippen LogP contribution in [0.4, 0.5) is 0 Å². The summed E-state index contributed by atoms with van der Waals surface area (Å²) in [5, 5.41) is 0. The van der Waals surface area contributed by atoms with Crippen LogP contribution in [0.2, 0.25) is 0 Å². The highest BCUT2D eigenvalue weighted by atomic mass is 16.7. The van der Waals surface area contributed by atoms with Crippen LogP contribution in [-0.4, -0.2) is 31.3 Å². The molecular weight excluding hydrogens is 194 g/mol. The number of methoxy groups -OCH3 is 2. The van der Waals surface area contributed by atoms with E-state index in [4.69, 9.17) is 9.47 Å². The van der Waals surface area contributed by atoms with Crippen LogP contribution in [0, 0.1) is 5.92 Å². The van der Waals surface area contributed by atoms with E-state index in [0.29, 0.717) is 12.1 Å². The maximum atomic E-state index is 11.9. The molecule has 1 heterocycles. The number of ketones is 1. The number of nitrogens with zero attached hydrogens (tertiary/aromatic N) is 1. The average molecular weight is 207 g/mol. The number of hydrogen-bond acceptors (Lipinski definition) is 4. The molecule has 0 saturated carbocycles. The van der Waals surface area contributed by atoms with E-state index < -0.39 is 6.29 Å². The minimum absolute atomic E-state index is 0.0132. The number of hydrogen-bond donors (Lipinski definition) is 0. The molecule has 0 aromatic carbocycles. The molecule has 0 amide bonds. The molecule has 2 rings (SSSR count). The van der Waals surface area contributed by atoms with Gasteiger partial charge in [-0.25, -0.2) is 0 Å². The predicted molar refractivity (Wildman–Crippen MR) is 53.6 cm³/mol. The molecule has 1 aromatic rings. The fraction of sp³-hybridized carbons (Fsp3) is 0.455. The smallest absolute Gasteiger partial charge is 0.189 e. The third-order valence-electron chi connectivity index (χ3n) is 2.69. The normalized spacial score (nSPS) is 19.7. The monoisotopic (exact) mass is 207 g/mol. The van der Waals surface area contributed by atoms with Gasteiger partial charge in [0.25, 0.3) is 0 Å².